The molecule has 0 radical (unpaired) electrons. The van der Waals surface area contributed by atoms with Crippen LogP contribution >= 0.6 is 11.6 Å². The van der Waals surface area contributed by atoms with Gasteiger partial charge in [0.05, 0.1) is 23.0 Å². The summed E-state index contributed by atoms with van der Waals surface area (Å²) in [7, 11) is 1.88. The molecule has 2 aromatic rings. The van der Waals surface area contributed by atoms with E-state index in [1.807, 2.05) is 37.4 Å². The van der Waals surface area contributed by atoms with E-state index < -0.39 is 0 Å². The molecule has 0 fully saturated rings. The second-order valence-corrected chi connectivity index (χ2v) is 4.64. The Morgan fingerprint density at radius 1 is 1.37 bits per heavy atom. The highest BCUT2D eigenvalue weighted by atomic mass is 35.5. The van der Waals surface area contributed by atoms with Gasteiger partial charge >= 0.3 is 0 Å². The molecule has 1 atom stereocenters. The van der Waals surface area contributed by atoms with Crippen LogP contribution in [0.5, 0.6) is 5.75 Å². The minimum absolute atomic E-state index is 0.0187. The summed E-state index contributed by atoms with van der Waals surface area (Å²) < 4.78 is 7.57. The van der Waals surface area contributed by atoms with Gasteiger partial charge < -0.3 is 10.1 Å². The van der Waals surface area contributed by atoms with Gasteiger partial charge in [-0.3, -0.25) is 4.68 Å². The summed E-state index contributed by atoms with van der Waals surface area (Å²) in [5.41, 5.74) is 0.944. The van der Waals surface area contributed by atoms with Crippen molar-refractivity contribution in [3.63, 3.8) is 0 Å². The standard InChI is InChI=1S/C14H18ClN3O/c1-3-16-13(14-12(15)9-17-18(14)2)10-19-11-7-5-4-6-8-11/h4-9,13,16H,3,10H2,1-2H3. The Morgan fingerprint density at radius 3 is 2.68 bits per heavy atom. The van der Waals surface area contributed by atoms with E-state index in [9.17, 15) is 0 Å². The van der Waals surface area contributed by atoms with Gasteiger partial charge in [-0.1, -0.05) is 36.7 Å². The molecule has 0 aliphatic heterocycles. The molecule has 0 aliphatic carbocycles. The van der Waals surface area contributed by atoms with Gasteiger partial charge in [-0.15, -0.1) is 0 Å². The van der Waals surface area contributed by atoms with E-state index in [0.717, 1.165) is 18.0 Å². The molecule has 4 nitrogen and oxygen atoms in total. The Bertz CT molecular complexity index is 493. The number of aromatic nitrogens is 2. The van der Waals surface area contributed by atoms with Crippen LogP contribution in [0.3, 0.4) is 0 Å². The fraction of sp³-hybridized carbons (Fsp3) is 0.357. The van der Waals surface area contributed by atoms with E-state index in [1.54, 1.807) is 10.9 Å². The summed E-state index contributed by atoms with van der Waals surface area (Å²) in [6.07, 6.45) is 1.66. The van der Waals surface area contributed by atoms with Crippen LogP contribution < -0.4 is 10.1 Å². The molecular weight excluding hydrogens is 262 g/mol. The molecule has 0 amide bonds. The number of para-hydroxylation sites is 1. The third-order valence-electron chi connectivity index (χ3n) is 2.88. The van der Waals surface area contributed by atoms with Crippen LogP contribution in [0.2, 0.25) is 5.02 Å². The Kier molecular flexibility index (Phi) is 4.82. The van der Waals surface area contributed by atoms with Crippen molar-refractivity contribution >= 4 is 11.6 Å². The molecule has 0 bridgehead atoms. The van der Waals surface area contributed by atoms with Crippen molar-refractivity contribution in [3.05, 3.63) is 47.2 Å². The third kappa shape index (κ3) is 3.49. The van der Waals surface area contributed by atoms with Gasteiger partial charge in [0.25, 0.3) is 0 Å². The van der Waals surface area contributed by atoms with Crippen molar-refractivity contribution in [1.29, 1.82) is 0 Å². The molecule has 0 saturated carbocycles. The van der Waals surface area contributed by atoms with Crippen molar-refractivity contribution in [1.82, 2.24) is 15.1 Å². The minimum atomic E-state index is 0.0187. The molecular formula is C14H18ClN3O. The number of likely N-dealkylation sites (N-methyl/N-ethyl adjacent to an activating group) is 1. The molecule has 0 saturated heterocycles. The maximum Gasteiger partial charge on any atom is 0.119 e. The average Bonchev–Trinajstić information content (AvgIpc) is 2.76. The lowest BCUT2D eigenvalue weighted by Gasteiger charge is -2.19. The zero-order valence-corrected chi connectivity index (χ0v) is 11.9. The lowest BCUT2D eigenvalue weighted by Crippen LogP contribution is -2.28. The van der Waals surface area contributed by atoms with Gasteiger partial charge in [0.2, 0.25) is 0 Å². The summed E-state index contributed by atoms with van der Waals surface area (Å²) >= 11 is 6.18. The number of nitrogens with one attached hydrogen (secondary N) is 1. The first kappa shape index (κ1) is 13.9. The predicted molar refractivity (Wildman–Crippen MR) is 76.6 cm³/mol. The second-order valence-electron chi connectivity index (χ2n) is 4.24. The highest BCUT2D eigenvalue weighted by Gasteiger charge is 2.19. The summed E-state index contributed by atoms with van der Waals surface area (Å²) in [4.78, 5) is 0. The lowest BCUT2D eigenvalue weighted by molar-refractivity contribution is 0.262. The van der Waals surface area contributed by atoms with E-state index in [1.165, 1.54) is 0 Å². The highest BCUT2D eigenvalue weighted by molar-refractivity contribution is 6.31. The summed E-state index contributed by atoms with van der Waals surface area (Å²) in [5, 5.41) is 8.19. The Labute approximate surface area is 118 Å². The quantitative estimate of drug-likeness (QED) is 0.884. The third-order valence-corrected chi connectivity index (χ3v) is 3.17. The summed E-state index contributed by atoms with van der Waals surface area (Å²) in [6, 6.07) is 9.77. The predicted octanol–water partition coefficient (Wildman–Crippen LogP) is 2.80. The van der Waals surface area contributed by atoms with Crippen LogP contribution in [0.1, 0.15) is 18.7 Å². The number of aryl methyl sites for hydroxylation is 1. The first-order valence-electron chi connectivity index (χ1n) is 6.31. The van der Waals surface area contributed by atoms with Gasteiger partial charge in [-0.25, -0.2) is 0 Å². The van der Waals surface area contributed by atoms with Crippen molar-refractivity contribution in [3.8, 4) is 5.75 Å². The van der Waals surface area contributed by atoms with Crippen LogP contribution in [0.25, 0.3) is 0 Å². The van der Waals surface area contributed by atoms with Crippen molar-refractivity contribution in [2.24, 2.45) is 7.05 Å². The molecule has 102 valence electrons. The zero-order chi connectivity index (χ0) is 13.7. The molecule has 2 rings (SSSR count). The molecule has 1 aromatic heterocycles. The van der Waals surface area contributed by atoms with Crippen LogP contribution in [-0.4, -0.2) is 22.9 Å². The first-order chi connectivity index (χ1) is 9.22. The molecule has 1 N–H and O–H groups in total. The lowest BCUT2D eigenvalue weighted by atomic mass is 10.2. The van der Waals surface area contributed by atoms with Crippen LogP contribution in [0.4, 0.5) is 0 Å². The SMILES string of the molecule is CCNC(COc1ccccc1)c1c(Cl)cnn1C. The van der Waals surface area contributed by atoms with Gasteiger partial charge in [0, 0.05) is 7.05 Å². The van der Waals surface area contributed by atoms with Crippen LogP contribution in [0, 0.1) is 0 Å². The number of ether oxygens (including phenoxy) is 1. The first-order valence-corrected chi connectivity index (χ1v) is 6.68. The monoisotopic (exact) mass is 279 g/mol. The van der Waals surface area contributed by atoms with E-state index in [0.29, 0.717) is 11.6 Å². The van der Waals surface area contributed by atoms with Crippen molar-refractivity contribution in [2.45, 2.75) is 13.0 Å². The zero-order valence-electron chi connectivity index (χ0n) is 11.1. The Morgan fingerprint density at radius 2 is 2.11 bits per heavy atom. The van der Waals surface area contributed by atoms with Crippen molar-refractivity contribution in [2.75, 3.05) is 13.2 Å². The molecule has 1 unspecified atom stereocenters. The molecule has 0 aliphatic rings. The van der Waals surface area contributed by atoms with Gasteiger partial charge in [0.1, 0.15) is 12.4 Å². The Balaban J connectivity index is 2.09. The number of hydrogen-bond donors (Lipinski definition) is 1. The number of hydrogen-bond acceptors (Lipinski definition) is 3. The minimum Gasteiger partial charge on any atom is -0.492 e. The number of benzene rings is 1. The van der Waals surface area contributed by atoms with Crippen LogP contribution in [0.15, 0.2) is 36.5 Å². The van der Waals surface area contributed by atoms with Crippen molar-refractivity contribution < 1.29 is 4.74 Å². The van der Waals surface area contributed by atoms with E-state index >= 15 is 0 Å². The molecule has 1 aromatic carbocycles. The maximum absolute atomic E-state index is 6.18. The largest absolute Gasteiger partial charge is 0.492 e. The van der Waals surface area contributed by atoms with Gasteiger partial charge in [-0.2, -0.15) is 5.10 Å². The number of nitrogens with zero attached hydrogens (tertiary/aromatic N) is 2. The molecule has 5 heteroatoms. The smallest absolute Gasteiger partial charge is 0.119 e. The molecule has 1 heterocycles. The fourth-order valence-electron chi connectivity index (χ4n) is 1.99. The normalized spacial score (nSPS) is 12.4. The van der Waals surface area contributed by atoms with E-state index in [4.69, 9.17) is 16.3 Å². The number of rotatable bonds is 6. The molecule has 19 heavy (non-hydrogen) atoms. The summed E-state index contributed by atoms with van der Waals surface area (Å²) in [6.45, 7) is 3.40. The fourth-order valence-corrected chi connectivity index (χ4v) is 2.29. The molecule has 0 spiro atoms. The van der Waals surface area contributed by atoms with Gasteiger partial charge in [0.15, 0.2) is 0 Å². The number of halogens is 1. The second kappa shape index (κ2) is 6.59. The van der Waals surface area contributed by atoms with Crippen LogP contribution in [-0.2, 0) is 7.05 Å². The average molecular weight is 280 g/mol. The Hall–Kier alpha value is -1.52. The maximum atomic E-state index is 6.18. The van der Waals surface area contributed by atoms with E-state index in [-0.39, 0.29) is 6.04 Å². The van der Waals surface area contributed by atoms with E-state index in [2.05, 4.69) is 17.3 Å². The van der Waals surface area contributed by atoms with Gasteiger partial charge in [-0.05, 0) is 18.7 Å². The highest BCUT2D eigenvalue weighted by Crippen LogP contribution is 2.23. The summed E-state index contributed by atoms with van der Waals surface area (Å²) in [5.74, 6) is 0.851. The topological polar surface area (TPSA) is 39.1 Å².